The average molecular weight is 321 g/mol. The molecule has 5 heteroatoms. The molecule has 0 aliphatic heterocycles. The summed E-state index contributed by atoms with van der Waals surface area (Å²) in [5.41, 5.74) is 3.24. The number of nitrogens with zero attached hydrogens (tertiary/aromatic N) is 2. The Labute approximate surface area is 141 Å². The van der Waals surface area contributed by atoms with Crippen LogP contribution in [0.5, 0.6) is 0 Å². The van der Waals surface area contributed by atoms with Gasteiger partial charge in [0.15, 0.2) is 0 Å². The molecule has 0 fully saturated rings. The number of carbonyl (C=O) groups is 2. The third kappa shape index (κ3) is 3.99. The van der Waals surface area contributed by atoms with Gasteiger partial charge in [-0.05, 0) is 51.1 Å². The van der Waals surface area contributed by atoms with E-state index in [-0.39, 0.29) is 11.8 Å². The Morgan fingerprint density at radius 2 is 1.62 bits per heavy atom. The molecule has 0 atom stereocenters. The van der Waals surface area contributed by atoms with Crippen LogP contribution in [0.15, 0.2) is 54.6 Å². The average Bonchev–Trinajstić information content (AvgIpc) is 2.58. The van der Waals surface area contributed by atoms with Crippen LogP contribution in [0.2, 0.25) is 0 Å². The zero-order chi connectivity index (χ0) is 17.7. The lowest BCUT2D eigenvalue weighted by molar-refractivity contribution is 0.0358. The van der Waals surface area contributed by atoms with Gasteiger partial charge in [-0.2, -0.15) is 5.26 Å². The van der Waals surface area contributed by atoms with E-state index in [0.29, 0.717) is 16.7 Å². The zero-order valence-corrected chi connectivity index (χ0v) is 13.9. The lowest BCUT2D eigenvalue weighted by Gasteiger charge is -2.35. The molecule has 0 aliphatic carbocycles. The maximum absolute atomic E-state index is 12.8. The number of rotatable bonds is 2. The van der Waals surface area contributed by atoms with Gasteiger partial charge < -0.3 is 0 Å². The van der Waals surface area contributed by atoms with Crippen molar-refractivity contribution in [1.29, 1.82) is 5.26 Å². The monoisotopic (exact) mass is 321 g/mol. The molecule has 0 unspecified atom stereocenters. The quantitative estimate of drug-likeness (QED) is 0.864. The van der Waals surface area contributed by atoms with Gasteiger partial charge in [0.2, 0.25) is 0 Å². The Kier molecular flexibility index (Phi) is 5.00. The van der Waals surface area contributed by atoms with Crippen LogP contribution in [-0.2, 0) is 0 Å². The largest absolute Gasteiger partial charge is 0.272 e. The molecule has 1 N–H and O–H groups in total. The molecule has 2 aromatic rings. The summed E-state index contributed by atoms with van der Waals surface area (Å²) in [4.78, 5) is 25.2. The van der Waals surface area contributed by atoms with Gasteiger partial charge in [-0.3, -0.25) is 15.0 Å². The fourth-order valence-electron chi connectivity index (χ4n) is 2.13. The van der Waals surface area contributed by atoms with E-state index in [0.717, 1.165) is 0 Å². The number of carbonyl (C=O) groups excluding carboxylic acids is 2. The summed E-state index contributed by atoms with van der Waals surface area (Å²) in [5, 5.41) is 10.3. The predicted molar refractivity (Wildman–Crippen MR) is 91.0 cm³/mol. The summed E-state index contributed by atoms with van der Waals surface area (Å²) in [5.74, 6) is -0.737. The zero-order valence-electron chi connectivity index (χ0n) is 13.9. The lowest BCUT2D eigenvalue weighted by atomic mass is 10.1. The predicted octanol–water partition coefficient (Wildman–Crippen LogP) is 3.14. The number of amides is 2. The summed E-state index contributed by atoms with van der Waals surface area (Å²) in [7, 11) is 0. The molecule has 5 nitrogen and oxygen atoms in total. The molecule has 0 bridgehead atoms. The minimum atomic E-state index is -0.635. The van der Waals surface area contributed by atoms with Crippen molar-refractivity contribution in [3.05, 3.63) is 71.3 Å². The number of hydrogen-bond acceptors (Lipinski definition) is 3. The summed E-state index contributed by atoms with van der Waals surface area (Å²) in [6.07, 6.45) is 0. The number of nitriles is 1. The van der Waals surface area contributed by atoms with Crippen LogP contribution >= 0.6 is 0 Å². The van der Waals surface area contributed by atoms with Crippen LogP contribution in [0, 0.1) is 11.3 Å². The van der Waals surface area contributed by atoms with E-state index < -0.39 is 5.54 Å². The molecule has 0 saturated heterocycles. The topological polar surface area (TPSA) is 73.2 Å². The number of hydrogen-bond donors (Lipinski definition) is 1. The molecule has 2 amide bonds. The van der Waals surface area contributed by atoms with Crippen molar-refractivity contribution in [2.24, 2.45) is 0 Å². The van der Waals surface area contributed by atoms with Crippen LogP contribution in [0.25, 0.3) is 0 Å². The summed E-state index contributed by atoms with van der Waals surface area (Å²) < 4.78 is 0. The van der Waals surface area contributed by atoms with E-state index in [9.17, 15) is 9.59 Å². The fourth-order valence-corrected chi connectivity index (χ4v) is 2.13. The highest BCUT2D eigenvalue weighted by Crippen LogP contribution is 2.16. The van der Waals surface area contributed by atoms with Crippen LogP contribution in [0.1, 0.15) is 47.1 Å². The van der Waals surface area contributed by atoms with E-state index in [4.69, 9.17) is 5.26 Å². The third-order valence-electron chi connectivity index (χ3n) is 3.36. The van der Waals surface area contributed by atoms with Crippen molar-refractivity contribution in [3.63, 3.8) is 0 Å². The molecule has 0 aliphatic rings. The summed E-state index contributed by atoms with van der Waals surface area (Å²) in [6, 6.07) is 17.1. The number of nitrogens with one attached hydrogen (secondary N) is 1. The molecule has 0 spiro atoms. The van der Waals surface area contributed by atoms with Gasteiger partial charge in [0, 0.05) is 11.1 Å². The van der Waals surface area contributed by atoms with Gasteiger partial charge >= 0.3 is 0 Å². The molecule has 2 aromatic carbocycles. The molecular formula is C19H19N3O2. The Hall–Kier alpha value is -3.13. The molecule has 2 rings (SSSR count). The van der Waals surface area contributed by atoms with Gasteiger partial charge in [-0.1, -0.05) is 24.3 Å². The molecule has 0 radical (unpaired) electrons. The molecule has 122 valence electrons. The first-order valence-corrected chi connectivity index (χ1v) is 7.53. The molecule has 0 heterocycles. The number of benzene rings is 2. The summed E-state index contributed by atoms with van der Waals surface area (Å²) >= 11 is 0. The highest BCUT2D eigenvalue weighted by Gasteiger charge is 2.29. The highest BCUT2D eigenvalue weighted by molar-refractivity contribution is 5.99. The van der Waals surface area contributed by atoms with Gasteiger partial charge in [-0.25, -0.2) is 5.01 Å². The van der Waals surface area contributed by atoms with Gasteiger partial charge in [-0.15, -0.1) is 0 Å². The van der Waals surface area contributed by atoms with Crippen molar-refractivity contribution >= 4 is 11.8 Å². The van der Waals surface area contributed by atoms with Gasteiger partial charge in [0.05, 0.1) is 17.2 Å². The van der Waals surface area contributed by atoms with Crippen LogP contribution in [0.3, 0.4) is 0 Å². The van der Waals surface area contributed by atoms with Gasteiger partial charge in [0.1, 0.15) is 0 Å². The molecule has 0 saturated carbocycles. The minimum absolute atomic E-state index is 0.345. The van der Waals surface area contributed by atoms with Crippen LogP contribution in [0.4, 0.5) is 0 Å². The van der Waals surface area contributed by atoms with Crippen molar-refractivity contribution in [1.82, 2.24) is 10.4 Å². The van der Waals surface area contributed by atoms with E-state index in [1.807, 2.05) is 32.9 Å². The Morgan fingerprint density at radius 1 is 1.00 bits per heavy atom. The Bertz CT molecular complexity index is 786. The highest BCUT2D eigenvalue weighted by atomic mass is 16.2. The van der Waals surface area contributed by atoms with Crippen LogP contribution in [-0.4, -0.2) is 22.4 Å². The maximum atomic E-state index is 12.8. The summed E-state index contributed by atoms with van der Waals surface area (Å²) in [6.45, 7) is 5.47. The SMILES string of the molecule is CC(C)(C)N(NC(=O)c1ccccc1)C(=O)c1cccc(C#N)c1. The van der Waals surface area contributed by atoms with Crippen LogP contribution < -0.4 is 5.43 Å². The van der Waals surface area contributed by atoms with Crippen molar-refractivity contribution in [3.8, 4) is 6.07 Å². The molecular weight excluding hydrogens is 302 g/mol. The van der Waals surface area contributed by atoms with E-state index in [2.05, 4.69) is 5.43 Å². The van der Waals surface area contributed by atoms with Gasteiger partial charge in [0.25, 0.3) is 11.8 Å². The minimum Gasteiger partial charge on any atom is -0.267 e. The Balaban J connectivity index is 2.30. The first kappa shape index (κ1) is 17.2. The second-order valence-electron chi connectivity index (χ2n) is 6.31. The van der Waals surface area contributed by atoms with Crippen molar-refractivity contribution in [2.75, 3.05) is 0 Å². The first-order chi connectivity index (χ1) is 11.3. The third-order valence-corrected chi connectivity index (χ3v) is 3.36. The van der Waals surface area contributed by atoms with Crippen molar-refractivity contribution in [2.45, 2.75) is 26.3 Å². The maximum Gasteiger partial charge on any atom is 0.272 e. The van der Waals surface area contributed by atoms with E-state index >= 15 is 0 Å². The Morgan fingerprint density at radius 3 is 2.21 bits per heavy atom. The second-order valence-corrected chi connectivity index (χ2v) is 6.31. The normalized spacial score (nSPS) is 10.6. The van der Waals surface area contributed by atoms with Crippen molar-refractivity contribution < 1.29 is 9.59 Å². The smallest absolute Gasteiger partial charge is 0.267 e. The molecule has 24 heavy (non-hydrogen) atoms. The van der Waals surface area contributed by atoms with E-state index in [1.54, 1.807) is 42.5 Å². The standard InChI is InChI=1S/C19H19N3O2/c1-19(2,3)22(21-17(23)15-9-5-4-6-10-15)18(24)16-11-7-8-14(12-16)13-20/h4-12H,1-3H3,(H,21,23). The second kappa shape index (κ2) is 6.97. The molecule has 0 aromatic heterocycles. The number of hydrazine groups is 1. The van der Waals surface area contributed by atoms with E-state index in [1.165, 1.54) is 11.1 Å². The first-order valence-electron chi connectivity index (χ1n) is 7.53. The lowest BCUT2D eigenvalue weighted by Crippen LogP contribution is -2.55. The fraction of sp³-hybridized carbons (Fsp3) is 0.211.